The van der Waals surface area contributed by atoms with E-state index in [1.165, 1.54) is 12.1 Å². The van der Waals surface area contributed by atoms with Gasteiger partial charge in [0, 0.05) is 16.2 Å². The van der Waals surface area contributed by atoms with E-state index in [9.17, 15) is 19.2 Å². The number of hydrazone groups is 1. The molecule has 31 heavy (non-hydrogen) atoms. The zero-order valence-corrected chi connectivity index (χ0v) is 19.5. The van der Waals surface area contributed by atoms with Crippen LogP contribution in [0.4, 0.5) is 5.69 Å². The number of nitrogens with zero attached hydrogens (tertiary/aromatic N) is 1. The number of hydrogen-bond acceptors (Lipinski definition) is 7. The molecule has 1 aromatic carbocycles. The summed E-state index contributed by atoms with van der Waals surface area (Å²) < 4.78 is 4.71. The number of rotatable bonds is 8. The van der Waals surface area contributed by atoms with Gasteiger partial charge in [-0.05, 0) is 71.4 Å². The van der Waals surface area contributed by atoms with Crippen LogP contribution in [-0.4, -0.2) is 41.8 Å². The van der Waals surface area contributed by atoms with E-state index < -0.39 is 40.6 Å². The van der Waals surface area contributed by atoms with Gasteiger partial charge < -0.3 is 15.5 Å². The van der Waals surface area contributed by atoms with E-state index in [0.29, 0.717) is 21.8 Å². The predicted molar refractivity (Wildman–Crippen MR) is 120 cm³/mol. The number of allylic oxidation sites excluding steroid dienone is 2. The van der Waals surface area contributed by atoms with E-state index in [1.54, 1.807) is 53.7 Å². The van der Waals surface area contributed by atoms with Gasteiger partial charge in [-0.15, -0.1) is 0 Å². The second-order valence-corrected chi connectivity index (χ2v) is 8.62. The van der Waals surface area contributed by atoms with Gasteiger partial charge in [-0.25, -0.2) is 4.79 Å². The maximum Gasteiger partial charge on any atom is 0.355 e. The summed E-state index contributed by atoms with van der Waals surface area (Å²) in [6.45, 7) is 10.3. The van der Waals surface area contributed by atoms with Crippen molar-refractivity contribution in [2.24, 2.45) is 11.0 Å². The average Bonchev–Trinajstić information content (AvgIpc) is 2.64. The lowest BCUT2D eigenvalue weighted by molar-refractivity contribution is -0.140. The molecule has 0 aliphatic carbocycles. The molecule has 9 heteroatoms. The van der Waals surface area contributed by atoms with Gasteiger partial charge in [-0.1, -0.05) is 17.2 Å². The normalized spacial score (nSPS) is 12.5. The number of carbonyl (C=O) groups excluding carboxylic acids is 4. The van der Waals surface area contributed by atoms with Gasteiger partial charge in [0.1, 0.15) is 5.92 Å². The van der Waals surface area contributed by atoms with Crippen molar-refractivity contribution in [3.8, 4) is 0 Å². The first kappa shape index (κ1) is 26.0. The molecule has 1 rings (SSSR count). The number of aryl methyl sites for hydroxylation is 1. The smallest absolute Gasteiger partial charge is 0.355 e. The van der Waals surface area contributed by atoms with Crippen LogP contribution in [0.1, 0.15) is 40.2 Å². The Kier molecular flexibility index (Phi) is 9.12. The monoisotopic (exact) mass is 449 g/mol. The molecule has 0 aliphatic heterocycles. The molecule has 1 aromatic rings. The number of nitrogens with one attached hydrogen (secondary N) is 2. The molecule has 168 valence electrons. The number of Topliss-reactive ketones (excluding diaryl/α,β-unsaturated/α-hetero) is 1. The summed E-state index contributed by atoms with van der Waals surface area (Å²) in [7, 11) is 1.10. The quantitative estimate of drug-likeness (QED) is 0.157. The van der Waals surface area contributed by atoms with Gasteiger partial charge in [-0.3, -0.25) is 14.4 Å². The van der Waals surface area contributed by atoms with Crippen LogP contribution in [0, 0.1) is 12.8 Å². The lowest BCUT2D eigenvalue weighted by Gasteiger charge is -2.20. The summed E-state index contributed by atoms with van der Waals surface area (Å²) >= 11 is 5.92. The van der Waals surface area contributed by atoms with Crippen LogP contribution in [0.3, 0.4) is 0 Å². The Labute approximate surface area is 187 Å². The molecule has 2 N–H and O–H groups in total. The van der Waals surface area contributed by atoms with E-state index in [2.05, 4.69) is 15.8 Å². The van der Waals surface area contributed by atoms with E-state index in [-0.39, 0.29) is 0 Å². The van der Waals surface area contributed by atoms with Crippen LogP contribution >= 0.6 is 11.6 Å². The SMILES string of the molecule is COC(=O)/C(=N/NC(C)(C)C)[C@@H](C(=O)C=C(C)C)C(=O)C(=O)Nc1ccc(Cl)cc1C. The summed E-state index contributed by atoms with van der Waals surface area (Å²) in [6, 6.07) is 4.70. The Morgan fingerprint density at radius 2 is 1.77 bits per heavy atom. The summed E-state index contributed by atoms with van der Waals surface area (Å²) in [4.78, 5) is 50.9. The highest BCUT2D eigenvalue weighted by molar-refractivity contribution is 6.56. The Bertz CT molecular complexity index is 941. The van der Waals surface area contributed by atoms with Crippen molar-refractivity contribution < 1.29 is 23.9 Å². The van der Waals surface area contributed by atoms with Gasteiger partial charge in [0.15, 0.2) is 11.5 Å². The van der Waals surface area contributed by atoms with Crippen molar-refractivity contribution in [3.05, 3.63) is 40.4 Å². The van der Waals surface area contributed by atoms with E-state index >= 15 is 0 Å². The highest BCUT2D eigenvalue weighted by Gasteiger charge is 2.39. The number of benzene rings is 1. The first-order valence-corrected chi connectivity index (χ1v) is 9.87. The molecule has 0 saturated carbocycles. The number of esters is 1. The largest absolute Gasteiger partial charge is 0.464 e. The lowest BCUT2D eigenvalue weighted by Crippen LogP contribution is -2.44. The summed E-state index contributed by atoms with van der Waals surface area (Å²) in [5, 5.41) is 6.88. The standard InChI is InChI=1S/C22H28ClN3O5/c1-12(2)10-16(27)17(18(21(30)31-7)25-26-22(4,5)6)19(28)20(29)24-15-9-8-14(23)11-13(15)3/h8-11,17,26H,1-7H3,(H,24,29)/b25-18+/t17-/m1/s1. The van der Waals surface area contributed by atoms with Crippen molar-refractivity contribution in [2.45, 2.75) is 47.1 Å². The van der Waals surface area contributed by atoms with Crippen LogP contribution in [0.2, 0.25) is 5.02 Å². The molecule has 8 nitrogen and oxygen atoms in total. The van der Waals surface area contributed by atoms with Crippen molar-refractivity contribution in [1.82, 2.24) is 5.43 Å². The topological polar surface area (TPSA) is 114 Å². The molecule has 1 atom stereocenters. The maximum absolute atomic E-state index is 13.0. The minimum Gasteiger partial charge on any atom is -0.464 e. The number of methoxy groups -OCH3 is 1. The molecule has 0 fully saturated rings. The molecular weight excluding hydrogens is 422 g/mol. The third-order valence-electron chi connectivity index (χ3n) is 3.82. The molecule has 1 amide bonds. The Balaban J connectivity index is 3.42. The zero-order valence-electron chi connectivity index (χ0n) is 18.8. The first-order valence-electron chi connectivity index (χ1n) is 9.50. The van der Waals surface area contributed by atoms with Crippen molar-refractivity contribution >= 4 is 46.4 Å². The predicted octanol–water partition coefficient (Wildman–Crippen LogP) is 3.22. The van der Waals surface area contributed by atoms with E-state index in [0.717, 1.165) is 7.11 Å². The Hall–Kier alpha value is -3.00. The lowest BCUT2D eigenvalue weighted by atomic mass is 9.91. The second-order valence-electron chi connectivity index (χ2n) is 8.19. The summed E-state index contributed by atoms with van der Waals surface area (Å²) in [5.41, 5.74) is 3.18. The molecule has 0 unspecified atom stereocenters. The minimum absolute atomic E-state index is 0.348. The van der Waals surface area contributed by atoms with E-state index in [4.69, 9.17) is 16.3 Å². The molecule has 0 aliphatic rings. The second kappa shape index (κ2) is 10.9. The molecule has 0 bridgehead atoms. The van der Waals surface area contributed by atoms with Gasteiger partial charge in [0.05, 0.1) is 7.11 Å². The zero-order chi connectivity index (χ0) is 23.9. The third-order valence-corrected chi connectivity index (χ3v) is 4.05. The highest BCUT2D eigenvalue weighted by Crippen LogP contribution is 2.20. The number of ether oxygens (including phenoxy) is 1. The molecule has 0 aromatic heterocycles. The van der Waals surface area contributed by atoms with Crippen LogP contribution in [0.25, 0.3) is 0 Å². The van der Waals surface area contributed by atoms with Crippen LogP contribution in [-0.2, 0) is 23.9 Å². The number of anilines is 1. The Morgan fingerprint density at radius 3 is 2.26 bits per heavy atom. The molecular formula is C22H28ClN3O5. The molecule has 0 radical (unpaired) electrons. The number of hydrogen-bond donors (Lipinski definition) is 2. The van der Waals surface area contributed by atoms with Gasteiger partial charge >= 0.3 is 5.97 Å². The van der Waals surface area contributed by atoms with E-state index in [1.807, 2.05) is 0 Å². The third kappa shape index (κ3) is 7.97. The molecule has 0 heterocycles. The molecule has 0 spiro atoms. The van der Waals surface area contributed by atoms with Crippen LogP contribution in [0.15, 0.2) is 34.9 Å². The first-order chi connectivity index (χ1) is 14.3. The van der Waals surface area contributed by atoms with Gasteiger partial charge in [0.2, 0.25) is 5.78 Å². The van der Waals surface area contributed by atoms with Gasteiger partial charge in [-0.2, -0.15) is 5.10 Å². The highest BCUT2D eigenvalue weighted by atomic mass is 35.5. The number of ketones is 2. The van der Waals surface area contributed by atoms with Crippen LogP contribution < -0.4 is 10.7 Å². The summed E-state index contributed by atoms with van der Waals surface area (Å²) in [5.74, 6) is -5.74. The fourth-order valence-electron chi connectivity index (χ4n) is 2.40. The van der Waals surface area contributed by atoms with Crippen molar-refractivity contribution in [2.75, 3.05) is 12.4 Å². The Morgan fingerprint density at radius 1 is 1.16 bits per heavy atom. The fraction of sp³-hybridized carbons (Fsp3) is 0.409. The van der Waals surface area contributed by atoms with Crippen molar-refractivity contribution in [1.29, 1.82) is 0 Å². The van der Waals surface area contributed by atoms with Crippen molar-refractivity contribution in [3.63, 3.8) is 0 Å². The number of halogens is 1. The maximum atomic E-state index is 13.0. The summed E-state index contributed by atoms with van der Waals surface area (Å²) in [6.07, 6.45) is 1.18. The number of amides is 1. The number of carbonyl (C=O) groups is 4. The molecule has 0 saturated heterocycles. The van der Waals surface area contributed by atoms with Crippen LogP contribution in [0.5, 0.6) is 0 Å². The minimum atomic E-state index is -1.77. The fourth-order valence-corrected chi connectivity index (χ4v) is 2.63. The van der Waals surface area contributed by atoms with Gasteiger partial charge in [0.25, 0.3) is 5.91 Å². The average molecular weight is 450 g/mol.